The summed E-state index contributed by atoms with van der Waals surface area (Å²) in [6, 6.07) is 6.69. The van der Waals surface area contributed by atoms with Gasteiger partial charge in [0.1, 0.15) is 5.75 Å². The zero-order chi connectivity index (χ0) is 24.5. The van der Waals surface area contributed by atoms with Crippen molar-refractivity contribution >= 4 is 23.5 Å². The van der Waals surface area contributed by atoms with Crippen LogP contribution < -0.4 is 20.5 Å². The topological polar surface area (TPSA) is 121 Å². The molecule has 0 saturated heterocycles. The molecule has 2 aromatic rings. The van der Waals surface area contributed by atoms with E-state index in [1.807, 2.05) is 0 Å². The Morgan fingerprint density at radius 1 is 1.29 bits per heavy atom. The van der Waals surface area contributed by atoms with Gasteiger partial charge in [-0.25, -0.2) is 0 Å². The molecule has 4 rings (SSSR count). The van der Waals surface area contributed by atoms with Crippen LogP contribution >= 0.6 is 0 Å². The number of methoxy groups -OCH3 is 1. The molecule has 0 radical (unpaired) electrons. The lowest BCUT2D eigenvalue weighted by molar-refractivity contribution is -0.912. The number of anilines is 2. The number of benzene rings is 1. The summed E-state index contributed by atoms with van der Waals surface area (Å²) in [6.45, 7) is 0. The zero-order valence-electron chi connectivity index (χ0n) is 18.9. The molecular weight excluding hydrogens is 446 g/mol. The number of hydrogen-bond donors (Lipinski definition) is 4. The third-order valence-electron chi connectivity index (χ3n) is 6.69. The monoisotopic (exact) mass is 475 g/mol. The van der Waals surface area contributed by atoms with Crippen molar-refractivity contribution in [3.05, 3.63) is 47.3 Å². The molecule has 182 valence electrons. The number of halogens is 2. The predicted octanol–water partition coefficient (Wildman–Crippen LogP) is 3.49. The molecule has 0 bridgehead atoms. The summed E-state index contributed by atoms with van der Waals surface area (Å²) in [5.74, 6) is -0.105. The molecule has 1 amide bonds. The van der Waals surface area contributed by atoms with Crippen LogP contribution in [0.15, 0.2) is 35.3 Å². The number of nitrogens with zero attached hydrogens (tertiary/aromatic N) is 2. The first kappa shape index (κ1) is 23.9. The van der Waals surface area contributed by atoms with Gasteiger partial charge in [0.25, 0.3) is 0 Å². The molecule has 2 aliphatic carbocycles. The van der Waals surface area contributed by atoms with Crippen LogP contribution in [0.3, 0.4) is 0 Å². The average molecular weight is 476 g/mol. The van der Waals surface area contributed by atoms with Crippen molar-refractivity contribution in [1.29, 1.82) is 0 Å². The van der Waals surface area contributed by atoms with E-state index in [1.54, 1.807) is 12.3 Å². The number of rotatable bonds is 7. The van der Waals surface area contributed by atoms with Gasteiger partial charge in [0.15, 0.2) is 0 Å². The molecule has 0 spiro atoms. The lowest BCUT2D eigenvalue weighted by Crippen LogP contribution is -2.43. The van der Waals surface area contributed by atoms with Crippen LogP contribution in [0, 0.1) is 5.92 Å². The number of nitrogens with two attached hydrogens (primary N) is 1. The first-order valence-corrected chi connectivity index (χ1v) is 11.3. The van der Waals surface area contributed by atoms with E-state index in [-0.39, 0.29) is 27.9 Å². The van der Waals surface area contributed by atoms with Gasteiger partial charge in [-0.15, -0.1) is 0 Å². The number of aliphatic imine (C=N–C) groups is 1. The molecule has 0 atom stereocenters. The van der Waals surface area contributed by atoms with E-state index >= 15 is 0 Å². The van der Waals surface area contributed by atoms with E-state index < -0.39 is 23.6 Å². The summed E-state index contributed by atoms with van der Waals surface area (Å²) in [4.78, 5) is 17.4. The van der Waals surface area contributed by atoms with Crippen molar-refractivity contribution in [1.82, 2.24) is 0 Å². The Kier molecular flexibility index (Phi) is 6.70. The number of nitrogens with one attached hydrogen (secondary N) is 1. The van der Waals surface area contributed by atoms with Gasteiger partial charge < -0.3 is 20.9 Å². The van der Waals surface area contributed by atoms with Gasteiger partial charge in [-0.05, 0) is 56.6 Å². The van der Waals surface area contributed by atoms with E-state index in [2.05, 4.69) is 10.3 Å². The van der Waals surface area contributed by atoms with Gasteiger partial charge in [-0.1, -0.05) is 0 Å². The second kappa shape index (κ2) is 9.54. The first-order chi connectivity index (χ1) is 16.2. The van der Waals surface area contributed by atoms with Gasteiger partial charge in [-0.2, -0.15) is 8.78 Å². The minimum absolute atomic E-state index is 0.0731. The molecule has 2 fully saturated rings. The molecule has 0 aliphatic heterocycles. The number of aromatic nitrogens is 1. The third-order valence-corrected chi connectivity index (χ3v) is 6.69. The molecule has 2 aliphatic rings. The number of carbonyl (C=O) groups excluding carboxylic acids is 1. The van der Waals surface area contributed by atoms with Gasteiger partial charge in [0.05, 0.1) is 24.4 Å². The Bertz CT molecular complexity index is 1100. The SMILES string of the molecule is COc1cc(N)c(C=NC2CCC(O)(C3CC3)CC2)cc1NC(=O)c1cccc(C(F)F)[n+]1O. The smallest absolute Gasteiger partial charge is 0.325 e. The minimum Gasteiger partial charge on any atom is -0.494 e. The number of alkyl halides is 2. The van der Waals surface area contributed by atoms with Crippen molar-refractivity contribution in [2.45, 2.75) is 56.6 Å². The van der Waals surface area contributed by atoms with Crippen LogP contribution in [0.5, 0.6) is 5.75 Å². The summed E-state index contributed by atoms with van der Waals surface area (Å²) < 4.78 is 31.6. The molecule has 2 saturated carbocycles. The van der Waals surface area contributed by atoms with E-state index in [0.717, 1.165) is 44.6 Å². The number of ether oxygens (including phenoxy) is 1. The molecular formula is C24H29F2N4O4+. The average Bonchev–Trinajstić information content (AvgIpc) is 3.66. The summed E-state index contributed by atoms with van der Waals surface area (Å²) in [5, 5.41) is 23.3. The van der Waals surface area contributed by atoms with Crippen LogP contribution in [-0.2, 0) is 0 Å². The van der Waals surface area contributed by atoms with Crippen LogP contribution in [0.4, 0.5) is 20.2 Å². The maximum absolute atomic E-state index is 13.1. The largest absolute Gasteiger partial charge is 0.494 e. The standard InChI is InChI=1S/C24H28F2N4O4/c1-34-21-12-17(27)14(13-28-16-7-9-24(32,10-8-16)15-5-6-15)11-18(21)29-23(31)20-4-2-3-19(22(25)26)30(20)33/h2-4,11-13,15-16,22,27,31-33H,5-10H2,1H3/p+1. The molecule has 1 heterocycles. The predicted molar refractivity (Wildman–Crippen MR) is 122 cm³/mol. The fourth-order valence-electron chi connectivity index (χ4n) is 4.50. The summed E-state index contributed by atoms with van der Waals surface area (Å²) in [6.07, 6.45) is 3.94. The van der Waals surface area contributed by atoms with E-state index in [1.165, 1.54) is 25.3 Å². The molecule has 8 nitrogen and oxygen atoms in total. The number of aliphatic hydroxyl groups is 1. The van der Waals surface area contributed by atoms with Gasteiger partial charge in [0, 0.05) is 40.4 Å². The van der Waals surface area contributed by atoms with Crippen LogP contribution in [0.2, 0.25) is 0 Å². The highest BCUT2D eigenvalue weighted by molar-refractivity contribution is 6.04. The molecule has 1 aromatic heterocycles. The van der Waals surface area contributed by atoms with Crippen molar-refractivity contribution in [2.24, 2.45) is 10.9 Å². The fourth-order valence-corrected chi connectivity index (χ4v) is 4.50. The van der Waals surface area contributed by atoms with Crippen molar-refractivity contribution in [3.63, 3.8) is 0 Å². The second-order valence-corrected chi connectivity index (χ2v) is 8.97. The second-order valence-electron chi connectivity index (χ2n) is 8.97. The maximum Gasteiger partial charge on any atom is 0.325 e. The number of amides is 1. The maximum atomic E-state index is 13.1. The Morgan fingerprint density at radius 2 is 2.00 bits per heavy atom. The molecule has 0 unspecified atom stereocenters. The quantitative estimate of drug-likeness (QED) is 0.211. The molecule has 5 N–H and O–H groups in total. The Hall–Kier alpha value is -3.27. The van der Waals surface area contributed by atoms with Crippen LogP contribution in [0.25, 0.3) is 0 Å². The summed E-state index contributed by atoms with van der Waals surface area (Å²) in [7, 11) is 1.41. The zero-order valence-corrected chi connectivity index (χ0v) is 18.9. The van der Waals surface area contributed by atoms with E-state index in [4.69, 9.17) is 10.5 Å². The number of carbonyl (C=O) groups is 1. The Labute approximate surface area is 196 Å². The van der Waals surface area contributed by atoms with Crippen molar-refractivity contribution < 1.29 is 33.4 Å². The minimum atomic E-state index is -2.95. The summed E-state index contributed by atoms with van der Waals surface area (Å²) >= 11 is 0. The number of pyridine rings is 1. The molecule has 10 heteroatoms. The van der Waals surface area contributed by atoms with Crippen LogP contribution in [-0.4, -0.2) is 41.2 Å². The highest BCUT2D eigenvalue weighted by Crippen LogP contribution is 2.47. The first-order valence-electron chi connectivity index (χ1n) is 11.3. The Balaban J connectivity index is 1.51. The fraction of sp³-hybridized carbons (Fsp3) is 0.458. The molecule has 34 heavy (non-hydrogen) atoms. The van der Waals surface area contributed by atoms with E-state index in [0.29, 0.717) is 17.2 Å². The van der Waals surface area contributed by atoms with Crippen molar-refractivity contribution in [2.75, 3.05) is 18.2 Å². The van der Waals surface area contributed by atoms with E-state index in [9.17, 15) is 23.9 Å². The lowest BCUT2D eigenvalue weighted by Gasteiger charge is -2.35. The van der Waals surface area contributed by atoms with Gasteiger partial charge in [0.2, 0.25) is 0 Å². The number of hydrogen-bond acceptors (Lipinski definition) is 6. The highest BCUT2D eigenvalue weighted by Gasteiger charge is 2.45. The third kappa shape index (κ3) is 4.96. The normalized spacial score (nSPS) is 22.8. The Morgan fingerprint density at radius 3 is 2.62 bits per heavy atom. The van der Waals surface area contributed by atoms with Gasteiger partial charge in [-0.3, -0.25) is 15.0 Å². The van der Waals surface area contributed by atoms with Crippen LogP contribution in [0.1, 0.15) is 66.7 Å². The lowest BCUT2D eigenvalue weighted by atomic mass is 9.79. The summed E-state index contributed by atoms with van der Waals surface area (Å²) in [5.41, 5.74) is 5.72. The molecule has 1 aromatic carbocycles. The van der Waals surface area contributed by atoms with Gasteiger partial charge >= 0.3 is 23.7 Å². The van der Waals surface area contributed by atoms with Crippen molar-refractivity contribution in [3.8, 4) is 5.75 Å². The number of nitrogen functional groups attached to an aromatic ring is 1. The highest BCUT2D eigenvalue weighted by atomic mass is 19.3.